The molecule has 2 atom stereocenters. The molecule has 2 amide bonds. The standard InChI is InChI=1S/C31H36ClN5O3/c1-21-6-3-4-7-22(21)11-14-27-26(30(39)36-16-17-40-20-24(19-36)29(38)33-2)18-34-31(35-27)37-15-5-8-28(37)23-9-12-25(32)13-10-23/h3-4,6-7,9-10,12-13,18,24,28H,5,8,11,14-17,19-20H2,1-2H3,(H,33,38)/t24-,28-/m1/s1. The Hall–Kier alpha value is -3.49. The number of carbonyl (C=O) groups is 2. The Bertz CT molecular complexity index is 1350. The van der Waals surface area contributed by atoms with Crippen molar-refractivity contribution in [2.75, 3.05) is 44.8 Å². The number of nitrogens with one attached hydrogen (secondary N) is 1. The molecular weight excluding hydrogens is 526 g/mol. The van der Waals surface area contributed by atoms with Crippen molar-refractivity contribution in [3.8, 4) is 0 Å². The van der Waals surface area contributed by atoms with Gasteiger partial charge in [0, 0.05) is 37.9 Å². The van der Waals surface area contributed by atoms with Gasteiger partial charge in [0.05, 0.1) is 36.4 Å². The summed E-state index contributed by atoms with van der Waals surface area (Å²) in [6.45, 7) is 4.32. The van der Waals surface area contributed by atoms with Gasteiger partial charge in [0.2, 0.25) is 11.9 Å². The Labute approximate surface area is 240 Å². The van der Waals surface area contributed by atoms with E-state index >= 15 is 0 Å². The van der Waals surface area contributed by atoms with E-state index in [1.54, 1.807) is 18.1 Å². The lowest BCUT2D eigenvalue weighted by Gasteiger charge is -2.27. The molecule has 2 saturated heterocycles. The third kappa shape index (κ3) is 6.29. The van der Waals surface area contributed by atoms with Crippen molar-refractivity contribution < 1.29 is 14.3 Å². The number of anilines is 1. The number of hydrogen-bond acceptors (Lipinski definition) is 6. The van der Waals surface area contributed by atoms with Gasteiger partial charge >= 0.3 is 0 Å². The van der Waals surface area contributed by atoms with E-state index < -0.39 is 5.92 Å². The van der Waals surface area contributed by atoms with E-state index in [9.17, 15) is 9.59 Å². The average Bonchev–Trinajstić information content (AvgIpc) is 3.33. The molecule has 9 heteroatoms. The summed E-state index contributed by atoms with van der Waals surface area (Å²) in [6.07, 6.45) is 5.07. The largest absolute Gasteiger partial charge is 0.379 e. The van der Waals surface area contributed by atoms with Crippen LogP contribution in [0, 0.1) is 12.8 Å². The summed E-state index contributed by atoms with van der Waals surface area (Å²) in [4.78, 5) is 40.0. The first-order valence-corrected chi connectivity index (χ1v) is 14.3. The third-order valence-corrected chi connectivity index (χ3v) is 8.16. The van der Waals surface area contributed by atoms with Crippen LogP contribution < -0.4 is 10.2 Å². The number of rotatable bonds is 7. The first-order valence-electron chi connectivity index (χ1n) is 14.0. The molecule has 0 bridgehead atoms. The van der Waals surface area contributed by atoms with Crippen molar-refractivity contribution in [1.29, 1.82) is 0 Å². The third-order valence-electron chi connectivity index (χ3n) is 7.91. The number of amides is 2. The van der Waals surface area contributed by atoms with E-state index in [1.807, 2.05) is 24.3 Å². The first kappa shape index (κ1) is 28.1. The number of aryl methyl sites for hydroxylation is 3. The zero-order valence-corrected chi connectivity index (χ0v) is 23.9. The molecule has 2 aromatic carbocycles. The summed E-state index contributed by atoms with van der Waals surface area (Å²) < 4.78 is 5.64. The predicted octanol–water partition coefficient (Wildman–Crippen LogP) is 4.40. The highest BCUT2D eigenvalue weighted by molar-refractivity contribution is 6.30. The highest BCUT2D eigenvalue weighted by Crippen LogP contribution is 2.35. The molecule has 3 heterocycles. The highest BCUT2D eigenvalue weighted by Gasteiger charge is 2.31. The lowest BCUT2D eigenvalue weighted by molar-refractivity contribution is -0.126. The van der Waals surface area contributed by atoms with Crippen LogP contribution in [0.1, 0.15) is 51.6 Å². The summed E-state index contributed by atoms with van der Waals surface area (Å²) in [5.74, 6) is -0.0808. The quantitative estimate of drug-likeness (QED) is 0.460. The van der Waals surface area contributed by atoms with Gasteiger partial charge in [-0.15, -0.1) is 0 Å². The van der Waals surface area contributed by atoms with E-state index in [0.29, 0.717) is 49.3 Å². The zero-order chi connectivity index (χ0) is 28.1. The second kappa shape index (κ2) is 12.8. The molecule has 2 aliphatic rings. The van der Waals surface area contributed by atoms with Crippen LogP contribution in [-0.4, -0.2) is 66.6 Å². The highest BCUT2D eigenvalue weighted by atomic mass is 35.5. The lowest BCUT2D eigenvalue weighted by Crippen LogP contribution is -2.41. The summed E-state index contributed by atoms with van der Waals surface area (Å²) in [5, 5.41) is 3.39. The molecular formula is C31H36ClN5O3. The Morgan fingerprint density at radius 1 is 1.10 bits per heavy atom. The van der Waals surface area contributed by atoms with Gasteiger partial charge < -0.3 is 19.9 Å². The molecule has 210 valence electrons. The van der Waals surface area contributed by atoms with Crippen LogP contribution in [0.15, 0.2) is 54.7 Å². The van der Waals surface area contributed by atoms with Crippen LogP contribution >= 0.6 is 11.6 Å². The maximum Gasteiger partial charge on any atom is 0.257 e. The molecule has 0 aliphatic carbocycles. The topological polar surface area (TPSA) is 87.7 Å². The smallest absolute Gasteiger partial charge is 0.257 e. The van der Waals surface area contributed by atoms with Crippen molar-refractivity contribution in [1.82, 2.24) is 20.2 Å². The zero-order valence-electron chi connectivity index (χ0n) is 23.1. The second-order valence-electron chi connectivity index (χ2n) is 10.5. The molecule has 1 N–H and O–H groups in total. The number of hydrogen-bond donors (Lipinski definition) is 1. The SMILES string of the molecule is CNC(=O)[C@H]1COCCN(C(=O)c2cnc(N3CCC[C@@H]3c3ccc(Cl)cc3)nc2CCc2ccccc2C)C1. The van der Waals surface area contributed by atoms with E-state index in [-0.39, 0.29) is 17.9 Å². The summed E-state index contributed by atoms with van der Waals surface area (Å²) in [5.41, 5.74) is 4.82. The van der Waals surface area contributed by atoms with Crippen LogP contribution in [0.3, 0.4) is 0 Å². The van der Waals surface area contributed by atoms with Crippen LogP contribution in [0.25, 0.3) is 0 Å². The number of benzene rings is 2. The Kier molecular flexibility index (Phi) is 8.97. The van der Waals surface area contributed by atoms with Gasteiger partial charge in [0.1, 0.15) is 0 Å². The minimum atomic E-state index is -0.420. The number of carbonyl (C=O) groups excluding carboxylic acids is 2. The predicted molar refractivity (Wildman–Crippen MR) is 156 cm³/mol. The number of aromatic nitrogens is 2. The molecule has 0 radical (unpaired) electrons. The molecule has 1 aromatic heterocycles. The minimum absolute atomic E-state index is 0.131. The molecule has 0 spiro atoms. The lowest BCUT2D eigenvalue weighted by atomic mass is 10.0. The van der Waals surface area contributed by atoms with Gasteiger partial charge in [-0.05, 0) is 61.4 Å². The van der Waals surface area contributed by atoms with Gasteiger partial charge in [-0.2, -0.15) is 0 Å². The summed E-state index contributed by atoms with van der Waals surface area (Å²) >= 11 is 6.14. The van der Waals surface area contributed by atoms with Gasteiger partial charge in [-0.3, -0.25) is 9.59 Å². The monoisotopic (exact) mass is 561 g/mol. The Morgan fingerprint density at radius 2 is 1.90 bits per heavy atom. The van der Waals surface area contributed by atoms with Crippen molar-refractivity contribution in [3.63, 3.8) is 0 Å². The molecule has 8 nitrogen and oxygen atoms in total. The number of ether oxygens (including phenoxy) is 1. The molecule has 2 fully saturated rings. The second-order valence-corrected chi connectivity index (χ2v) is 10.9. The van der Waals surface area contributed by atoms with Gasteiger partial charge in [-0.1, -0.05) is 48.0 Å². The normalized spacial score (nSPS) is 19.4. The maximum absolute atomic E-state index is 13.9. The van der Waals surface area contributed by atoms with Gasteiger partial charge in [0.25, 0.3) is 5.91 Å². The molecule has 5 rings (SSSR count). The molecule has 3 aromatic rings. The average molecular weight is 562 g/mol. The fourth-order valence-electron chi connectivity index (χ4n) is 5.62. The summed E-state index contributed by atoms with van der Waals surface area (Å²) in [7, 11) is 1.60. The van der Waals surface area contributed by atoms with Crippen molar-refractivity contribution in [2.24, 2.45) is 5.92 Å². The molecule has 2 aliphatic heterocycles. The van der Waals surface area contributed by atoms with Crippen LogP contribution in [0.2, 0.25) is 5.02 Å². The summed E-state index contributed by atoms with van der Waals surface area (Å²) in [6, 6.07) is 16.4. The Morgan fingerprint density at radius 3 is 2.67 bits per heavy atom. The molecule has 40 heavy (non-hydrogen) atoms. The van der Waals surface area contributed by atoms with Crippen LogP contribution in [0.4, 0.5) is 5.95 Å². The van der Waals surface area contributed by atoms with E-state index in [1.165, 1.54) is 16.7 Å². The van der Waals surface area contributed by atoms with E-state index in [2.05, 4.69) is 41.4 Å². The van der Waals surface area contributed by atoms with E-state index in [4.69, 9.17) is 26.3 Å². The van der Waals surface area contributed by atoms with Crippen molar-refractivity contribution in [3.05, 3.63) is 87.7 Å². The fraction of sp³-hybridized carbons (Fsp3) is 0.419. The molecule has 0 unspecified atom stereocenters. The minimum Gasteiger partial charge on any atom is -0.379 e. The fourth-order valence-corrected chi connectivity index (χ4v) is 5.75. The van der Waals surface area contributed by atoms with Gasteiger partial charge in [0.15, 0.2) is 0 Å². The van der Waals surface area contributed by atoms with Crippen molar-refractivity contribution >= 4 is 29.4 Å². The van der Waals surface area contributed by atoms with Crippen molar-refractivity contribution in [2.45, 2.75) is 38.6 Å². The van der Waals surface area contributed by atoms with Crippen LogP contribution in [0.5, 0.6) is 0 Å². The number of halogens is 1. The number of nitrogens with zero attached hydrogens (tertiary/aromatic N) is 4. The van der Waals surface area contributed by atoms with E-state index in [0.717, 1.165) is 31.5 Å². The Balaban J connectivity index is 1.46. The van der Waals surface area contributed by atoms with Crippen LogP contribution in [-0.2, 0) is 22.4 Å². The maximum atomic E-state index is 13.9. The molecule has 0 saturated carbocycles. The van der Waals surface area contributed by atoms with Gasteiger partial charge in [-0.25, -0.2) is 9.97 Å². The first-order chi connectivity index (χ1) is 19.4.